The first-order valence-electron chi connectivity index (χ1n) is 9.64. The van der Waals surface area contributed by atoms with Crippen LogP contribution in [0.4, 0.5) is 0 Å². The molecule has 4 rings (SSSR count). The summed E-state index contributed by atoms with van der Waals surface area (Å²) in [5, 5.41) is 11.4. The SMILES string of the molecule is CCc1c(-c2cc(C)cc(O)c2)c2cc(C)ccc2n1C1CCCCO1. The molecule has 1 aliphatic rings. The number of aromatic hydroxyl groups is 1. The van der Waals surface area contributed by atoms with Crippen molar-refractivity contribution in [2.75, 3.05) is 6.61 Å². The van der Waals surface area contributed by atoms with Gasteiger partial charge >= 0.3 is 0 Å². The number of benzene rings is 2. The molecule has 1 fully saturated rings. The Labute approximate surface area is 155 Å². The van der Waals surface area contributed by atoms with Crippen LogP contribution in [0.2, 0.25) is 0 Å². The number of aryl methyl sites for hydroxylation is 2. The Morgan fingerprint density at radius 3 is 2.62 bits per heavy atom. The van der Waals surface area contributed by atoms with Crippen molar-refractivity contribution in [3.8, 4) is 16.9 Å². The Morgan fingerprint density at radius 2 is 1.92 bits per heavy atom. The zero-order valence-corrected chi connectivity index (χ0v) is 15.9. The summed E-state index contributed by atoms with van der Waals surface area (Å²) in [6, 6.07) is 12.5. The molecule has 3 heteroatoms. The van der Waals surface area contributed by atoms with Gasteiger partial charge in [-0.1, -0.05) is 24.6 Å². The van der Waals surface area contributed by atoms with E-state index in [1.807, 2.05) is 19.1 Å². The fourth-order valence-electron chi connectivity index (χ4n) is 4.31. The molecule has 1 saturated heterocycles. The van der Waals surface area contributed by atoms with E-state index in [9.17, 15) is 5.11 Å². The number of aromatic nitrogens is 1. The number of phenols is 1. The minimum Gasteiger partial charge on any atom is -0.508 e. The van der Waals surface area contributed by atoms with Gasteiger partial charge in [0.1, 0.15) is 12.0 Å². The molecule has 1 N–H and O–H groups in total. The second-order valence-corrected chi connectivity index (χ2v) is 7.44. The molecule has 1 unspecified atom stereocenters. The number of rotatable bonds is 3. The molecular weight excluding hydrogens is 322 g/mol. The molecule has 0 aliphatic carbocycles. The van der Waals surface area contributed by atoms with Crippen LogP contribution in [0.5, 0.6) is 5.75 Å². The van der Waals surface area contributed by atoms with E-state index in [0.29, 0.717) is 5.75 Å². The molecule has 3 aromatic rings. The summed E-state index contributed by atoms with van der Waals surface area (Å²) in [6.45, 7) is 7.21. The predicted molar refractivity (Wildman–Crippen MR) is 107 cm³/mol. The average molecular weight is 349 g/mol. The molecule has 0 amide bonds. The first-order valence-corrected chi connectivity index (χ1v) is 9.64. The summed E-state index contributed by atoms with van der Waals surface area (Å²) < 4.78 is 8.56. The van der Waals surface area contributed by atoms with Gasteiger partial charge in [0.25, 0.3) is 0 Å². The largest absolute Gasteiger partial charge is 0.508 e. The fourth-order valence-corrected chi connectivity index (χ4v) is 4.31. The number of nitrogens with zero attached hydrogens (tertiary/aromatic N) is 1. The Hall–Kier alpha value is -2.26. The molecule has 0 radical (unpaired) electrons. The molecule has 1 atom stereocenters. The van der Waals surface area contributed by atoms with Gasteiger partial charge < -0.3 is 14.4 Å². The highest BCUT2D eigenvalue weighted by molar-refractivity contribution is 5.99. The third kappa shape index (κ3) is 2.90. The first-order chi connectivity index (χ1) is 12.6. The fraction of sp³-hybridized carbons (Fsp3) is 0.391. The smallest absolute Gasteiger partial charge is 0.134 e. The molecule has 1 aromatic heterocycles. The van der Waals surface area contributed by atoms with Gasteiger partial charge in [-0.05, 0) is 74.9 Å². The zero-order valence-electron chi connectivity index (χ0n) is 15.9. The zero-order chi connectivity index (χ0) is 18.3. The lowest BCUT2D eigenvalue weighted by molar-refractivity contribution is -0.0304. The summed E-state index contributed by atoms with van der Waals surface area (Å²) in [4.78, 5) is 0. The maximum absolute atomic E-state index is 10.2. The van der Waals surface area contributed by atoms with Crippen LogP contribution < -0.4 is 0 Å². The Kier molecular flexibility index (Phi) is 4.49. The highest BCUT2D eigenvalue weighted by Crippen LogP contribution is 2.41. The summed E-state index contributed by atoms with van der Waals surface area (Å²) >= 11 is 0. The molecule has 0 spiro atoms. The summed E-state index contributed by atoms with van der Waals surface area (Å²) in [7, 11) is 0. The Bertz CT molecular complexity index is 928. The van der Waals surface area contributed by atoms with Crippen molar-refractivity contribution >= 4 is 10.9 Å². The standard InChI is InChI=1S/C23H27NO2/c1-4-20-23(17-11-16(3)12-18(25)14-17)19-13-15(2)8-9-21(19)24(20)22-7-5-6-10-26-22/h8-9,11-14,22,25H,4-7,10H2,1-3H3. The van der Waals surface area contributed by atoms with Crippen LogP contribution in [0.3, 0.4) is 0 Å². The van der Waals surface area contributed by atoms with Crippen molar-refractivity contribution in [2.45, 2.75) is 52.7 Å². The van der Waals surface area contributed by atoms with Crippen LogP contribution in [0.1, 0.15) is 49.2 Å². The topological polar surface area (TPSA) is 34.4 Å². The first kappa shape index (κ1) is 17.2. The number of ether oxygens (including phenoxy) is 1. The molecule has 3 nitrogen and oxygen atoms in total. The van der Waals surface area contributed by atoms with E-state index >= 15 is 0 Å². The van der Waals surface area contributed by atoms with Gasteiger partial charge in [-0.2, -0.15) is 0 Å². The van der Waals surface area contributed by atoms with Crippen molar-refractivity contribution in [3.63, 3.8) is 0 Å². The maximum Gasteiger partial charge on any atom is 0.134 e. The van der Waals surface area contributed by atoms with E-state index in [0.717, 1.165) is 37.0 Å². The summed E-state index contributed by atoms with van der Waals surface area (Å²) in [5.74, 6) is 0.324. The normalized spacial score (nSPS) is 17.7. The molecule has 136 valence electrons. The van der Waals surface area contributed by atoms with Gasteiger partial charge in [0.05, 0.1) is 5.52 Å². The van der Waals surface area contributed by atoms with Gasteiger partial charge in [-0.3, -0.25) is 0 Å². The van der Waals surface area contributed by atoms with Crippen LogP contribution in [0, 0.1) is 13.8 Å². The Morgan fingerprint density at radius 1 is 1.08 bits per heavy atom. The van der Waals surface area contributed by atoms with E-state index < -0.39 is 0 Å². The monoisotopic (exact) mass is 349 g/mol. The van der Waals surface area contributed by atoms with Crippen LogP contribution in [0.25, 0.3) is 22.0 Å². The van der Waals surface area contributed by atoms with E-state index in [2.05, 4.69) is 42.7 Å². The lowest BCUT2D eigenvalue weighted by Crippen LogP contribution is -2.19. The van der Waals surface area contributed by atoms with Crippen molar-refractivity contribution in [1.82, 2.24) is 4.57 Å². The van der Waals surface area contributed by atoms with E-state index in [1.165, 1.54) is 34.1 Å². The molecule has 1 aliphatic heterocycles. The second kappa shape index (κ2) is 6.81. The number of phenolic OH excluding ortho intramolecular Hbond substituents is 1. The molecule has 0 bridgehead atoms. The van der Waals surface area contributed by atoms with Gasteiger partial charge in [-0.25, -0.2) is 0 Å². The molecule has 0 saturated carbocycles. The van der Waals surface area contributed by atoms with Crippen molar-refractivity contribution < 1.29 is 9.84 Å². The molecular formula is C23H27NO2. The number of hydrogen-bond donors (Lipinski definition) is 1. The minimum atomic E-state index is 0.107. The van der Waals surface area contributed by atoms with E-state index in [-0.39, 0.29) is 6.23 Å². The Balaban J connectivity index is 2.03. The number of fused-ring (bicyclic) bond motifs is 1. The van der Waals surface area contributed by atoms with Crippen molar-refractivity contribution in [1.29, 1.82) is 0 Å². The highest BCUT2D eigenvalue weighted by atomic mass is 16.5. The van der Waals surface area contributed by atoms with E-state index in [1.54, 1.807) is 0 Å². The molecule has 2 heterocycles. The summed E-state index contributed by atoms with van der Waals surface area (Å²) in [5.41, 5.74) is 7.17. The van der Waals surface area contributed by atoms with Crippen LogP contribution in [-0.2, 0) is 11.2 Å². The van der Waals surface area contributed by atoms with Gasteiger partial charge in [0.15, 0.2) is 0 Å². The van der Waals surface area contributed by atoms with Crippen LogP contribution in [0.15, 0.2) is 36.4 Å². The van der Waals surface area contributed by atoms with Crippen molar-refractivity contribution in [3.05, 3.63) is 53.2 Å². The average Bonchev–Trinajstić information content (AvgIpc) is 2.95. The maximum atomic E-state index is 10.2. The van der Waals surface area contributed by atoms with Crippen molar-refractivity contribution in [2.24, 2.45) is 0 Å². The second-order valence-electron chi connectivity index (χ2n) is 7.44. The third-order valence-electron chi connectivity index (χ3n) is 5.39. The molecule has 2 aromatic carbocycles. The summed E-state index contributed by atoms with van der Waals surface area (Å²) in [6.07, 6.45) is 4.45. The third-order valence-corrected chi connectivity index (χ3v) is 5.39. The van der Waals surface area contributed by atoms with Gasteiger partial charge in [-0.15, -0.1) is 0 Å². The van der Waals surface area contributed by atoms with Gasteiger partial charge in [0.2, 0.25) is 0 Å². The quantitative estimate of drug-likeness (QED) is 0.639. The van der Waals surface area contributed by atoms with Gasteiger partial charge in [0, 0.05) is 23.3 Å². The lowest BCUT2D eigenvalue weighted by Gasteiger charge is -2.27. The number of hydrogen-bond acceptors (Lipinski definition) is 2. The minimum absolute atomic E-state index is 0.107. The van der Waals surface area contributed by atoms with E-state index in [4.69, 9.17) is 4.74 Å². The lowest BCUT2D eigenvalue weighted by atomic mass is 9.98. The van der Waals surface area contributed by atoms with Crippen LogP contribution >= 0.6 is 0 Å². The van der Waals surface area contributed by atoms with Crippen LogP contribution in [-0.4, -0.2) is 16.3 Å². The predicted octanol–water partition coefficient (Wildman–Crippen LogP) is 5.89. The molecule has 26 heavy (non-hydrogen) atoms. The highest BCUT2D eigenvalue weighted by Gasteiger charge is 2.25.